The van der Waals surface area contributed by atoms with Gasteiger partial charge in [-0.25, -0.2) is 0 Å². The molecular formula is C9H17N3S. The molecule has 0 aromatic carbocycles. The number of anilines is 1. The van der Waals surface area contributed by atoms with E-state index in [0.717, 1.165) is 12.4 Å². The summed E-state index contributed by atoms with van der Waals surface area (Å²) in [6.45, 7) is 1.03. The SMILES string of the molecule is CSCCCCNc1ccn(C)n1. The predicted molar refractivity (Wildman–Crippen MR) is 59.3 cm³/mol. The number of nitrogens with zero attached hydrogens (tertiary/aromatic N) is 2. The molecule has 13 heavy (non-hydrogen) atoms. The van der Waals surface area contributed by atoms with Crippen LogP contribution in [-0.2, 0) is 7.05 Å². The molecule has 74 valence electrons. The summed E-state index contributed by atoms with van der Waals surface area (Å²) in [7, 11) is 1.93. The lowest BCUT2D eigenvalue weighted by Gasteiger charge is -2.01. The van der Waals surface area contributed by atoms with Crippen LogP contribution in [0.4, 0.5) is 5.82 Å². The molecule has 1 rings (SSSR count). The number of unbranched alkanes of at least 4 members (excludes halogenated alkanes) is 1. The number of aromatic nitrogens is 2. The molecule has 0 aliphatic rings. The standard InChI is InChI=1S/C9H17N3S/c1-12-7-5-9(11-12)10-6-3-4-8-13-2/h5,7H,3-4,6,8H2,1-2H3,(H,10,11). The van der Waals surface area contributed by atoms with E-state index in [4.69, 9.17) is 0 Å². The molecular weight excluding hydrogens is 182 g/mol. The van der Waals surface area contributed by atoms with Crippen molar-refractivity contribution in [3.8, 4) is 0 Å². The van der Waals surface area contributed by atoms with Gasteiger partial charge in [-0.1, -0.05) is 0 Å². The summed E-state index contributed by atoms with van der Waals surface area (Å²) in [6, 6.07) is 1.99. The van der Waals surface area contributed by atoms with Gasteiger partial charge >= 0.3 is 0 Å². The number of thioether (sulfide) groups is 1. The highest BCUT2D eigenvalue weighted by Gasteiger charge is 1.93. The van der Waals surface area contributed by atoms with E-state index in [-0.39, 0.29) is 0 Å². The van der Waals surface area contributed by atoms with E-state index in [0.29, 0.717) is 0 Å². The Morgan fingerprint density at radius 2 is 2.38 bits per heavy atom. The molecule has 0 spiro atoms. The van der Waals surface area contributed by atoms with Crippen molar-refractivity contribution >= 4 is 17.6 Å². The summed E-state index contributed by atoms with van der Waals surface area (Å²) in [5.41, 5.74) is 0. The van der Waals surface area contributed by atoms with Gasteiger partial charge in [0.1, 0.15) is 5.82 Å². The molecule has 1 heterocycles. The van der Waals surface area contributed by atoms with E-state index >= 15 is 0 Å². The quantitative estimate of drug-likeness (QED) is 0.710. The van der Waals surface area contributed by atoms with Gasteiger partial charge in [-0.3, -0.25) is 4.68 Å². The molecule has 0 fully saturated rings. The highest BCUT2D eigenvalue weighted by Crippen LogP contribution is 2.03. The van der Waals surface area contributed by atoms with Crippen LogP contribution in [-0.4, -0.2) is 28.3 Å². The normalized spacial score (nSPS) is 10.3. The fourth-order valence-electron chi connectivity index (χ4n) is 1.10. The zero-order chi connectivity index (χ0) is 9.52. The number of aryl methyl sites for hydroxylation is 1. The zero-order valence-corrected chi connectivity index (χ0v) is 9.10. The molecule has 0 aliphatic heterocycles. The van der Waals surface area contributed by atoms with Crippen LogP contribution in [0.5, 0.6) is 0 Å². The first-order valence-electron chi connectivity index (χ1n) is 4.55. The minimum Gasteiger partial charge on any atom is -0.369 e. The molecule has 1 N–H and O–H groups in total. The summed E-state index contributed by atoms with van der Waals surface area (Å²) >= 11 is 1.90. The molecule has 0 atom stereocenters. The van der Waals surface area contributed by atoms with E-state index in [1.165, 1.54) is 18.6 Å². The van der Waals surface area contributed by atoms with Crippen LogP contribution in [0.1, 0.15) is 12.8 Å². The second-order valence-electron chi connectivity index (χ2n) is 3.00. The summed E-state index contributed by atoms with van der Waals surface area (Å²) < 4.78 is 1.81. The van der Waals surface area contributed by atoms with Crippen molar-refractivity contribution < 1.29 is 0 Å². The van der Waals surface area contributed by atoms with Gasteiger partial charge in [0.25, 0.3) is 0 Å². The lowest BCUT2D eigenvalue weighted by atomic mass is 10.3. The van der Waals surface area contributed by atoms with Crippen LogP contribution in [0.2, 0.25) is 0 Å². The Kier molecular flexibility index (Phi) is 4.75. The topological polar surface area (TPSA) is 29.9 Å². The number of hydrogen-bond donors (Lipinski definition) is 1. The smallest absolute Gasteiger partial charge is 0.147 e. The summed E-state index contributed by atoms with van der Waals surface area (Å²) in [6.07, 6.45) is 6.59. The van der Waals surface area contributed by atoms with Crippen LogP contribution in [0, 0.1) is 0 Å². The molecule has 0 aliphatic carbocycles. The van der Waals surface area contributed by atoms with Crippen molar-refractivity contribution in [1.82, 2.24) is 9.78 Å². The van der Waals surface area contributed by atoms with E-state index in [9.17, 15) is 0 Å². The first kappa shape index (κ1) is 10.4. The van der Waals surface area contributed by atoms with Gasteiger partial charge in [0.05, 0.1) is 0 Å². The van der Waals surface area contributed by atoms with E-state index in [2.05, 4.69) is 16.7 Å². The number of rotatable bonds is 6. The van der Waals surface area contributed by atoms with Gasteiger partial charge in [0, 0.05) is 25.9 Å². The van der Waals surface area contributed by atoms with Gasteiger partial charge in [-0.2, -0.15) is 16.9 Å². The first-order valence-corrected chi connectivity index (χ1v) is 5.95. The Morgan fingerprint density at radius 3 is 3.00 bits per heavy atom. The van der Waals surface area contributed by atoms with Gasteiger partial charge in [-0.15, -0.1) is 0 Å². The molecule has 0 bridgehead atoms. The maximum atomic E-state index is 4.23. The summed E-state index contributed by atoms with van der Waals surface area (Å²) in [4.78, 5) is 0. The summed E-state index contributed by atoms with van der Waals surface area (Å²) in [5, 5.41) is 7.51. The average Bonchev–Trinajstić information content (AvgIpc) is 2.51. The van der Waals surface area contributed by atoms with Crippen LogP contribution in [0.25, 0.3) is 0 Å². The highest BCUT2D eigenvalue weighted by atomic mass is 32.2. The molecule has 0 saturated heterocycles. The van der Waals surface area contributed by atoms with Crippen LogP contribution >= 0.6 is 11.8 Å². The van der Waals surface area contributed by atoms with E-state index in [1.807, 2.05) is 35.8 Å². The Morgan fingerprint density at radius 1 is 1.54 bits per heavy atom. The molecule has 0 saturated carbocycles. The third-order valence-electron chi connectivity index (χ3n) is 1.79. The van der Waals surface area contributed by atoms with Gasteiger partial charge in [0.2, 0.25) is 0 Å². The second kappa shape index (κ2) is 5.91. The third kappa shape index (κ3) is 4.22. The molecule has 3 nitrogen and oxygen atoms in total. The van der Waals surface area contributed by atoms with Gasteiger partial charge < -0.3 is 5.32 Å². The van der Waals surface area contributed by atoms with E-state index in [1.54, 1.807) is 0 Å². The van der Waals surface area contributed by atoms with Crippen LogP contribution in [0.3, 0.4) is 0 Å². The lowest BCUT2D eigenvalue weighted by molar-refractivity contribution is 0.763. The van der Waals surface area contributed by atoms with Crippen LogP contribution in [0.15, 0.2) is 12.3 Å². The number of nitrogens with one attached hydrogen (secondary N) is 1. The third-order valence-corrected chi connectivity index (χ3v) is 2.49. The monoisotopic (exact) mass is 199 g/mol. The van der Waals surface area contributed by atoms with E-state index < -0.39 is 0 Å². The maximum Gasteiger partial charge on any atom is 0.147 e. The molecule has 0 unspecified atom stereocenters. The first-order chi connectivity index (χ1) is 6.33. The van der Waals surface area contributed by atoms with Crippen molar-refractivity contribution in [2.45, 2.75) is 12.8 Å². The Balaban J connectivity index is 2.06. The van der Waals surface area contributed by atoms with Crippen molar-refractivity contribution in [3.05, 3.63) is 12.3 Å². The zero-order valence-electron chi connectivity index (χ0n) is 8.29. The fraction of sp³-hybridized carbons (Fsp3) is 0.667. The van der Waals surface area contributed by atoms with Gasteiger partial charge in [0.15, 0.2) is 0 Å². The molecule has 1 aromatic rings. The largest absolute Gasteiger partial charge is 0.369 e. The number of hydrogen-bond acceptors (Lipinski definition) is 3. The fourth-order valence-corrected chi connectivity index (χ4v) is 1.59. The Labute approximate surface area is 83.9 Å². The van der Waals surface area contributed by atoms with Crippen molar-refractivity contribution in [3.63, 3.8) is 0 Å². The Bertz CT molecular complexity index is 235. The molecule has 1 aromatic heterocycles. The van der Waals surface area contributed by atoms with Crippen molar-refractivity contribution in [2.75, 3.05) is 23.9 Å². The average molecular weight is 199 g/mol. The summed E-state index contributed by atoms with van der Waals surface area (Å²) in [5.74, 6) is 2.23. The highest BCUT2D eigenvalue weighted by molar-refractivity contribution is 7.98. The van der Waals surface area contributed by atoms with Crippen LogP contribution < -0.4 is 5.32 Å². The molecule has 4 heteroatoms. The predicted octanol–water partition coefficient (Wildman–Crippen LogP) is 1.98. The molecule has 0 amide bonds. The lowest BCUT2D eigenvalue weighted by Crippen LogP contribution is -2.02. The van der Waals surface area contributed by atoms with Crippen molar-refractivity contribution in [1.29, 1.82) is 0 Å². The second-order valence-corrected chi connectivity index (χ2v) is 3.99. The Hall–Kier alpha value is -0.640. The minimum absolute atomic E-state index is 0.978. The van der Waals surface area contributed by atoms with Crippen molar-refractivity contribution in [2.24, 2.45) is 7.05 Å². The minimum atomic E-state index is 0.978. The van der Waals surface area contributed by atoms with Gasteiger partial charge in [-0.05, 0) is 24.9 Å². The molecule has 0 radical (unpaired) electrons. The maximum absolute atomic E-state index is 4.23.